The highest BCUT2D eigenvalue weighted by Gasteiger charge is 2.36. The zero-order valence-corrected chi connectivity index (χ0v) is 10.9. The number of hydrogen-bond acceptors (Lipinski definition) is 2. The van der Waals surface area contributed by atoms with Crippen molar-refractivity contribution in [2.24, 2.45) is 0 Å². The topological polar surface area (TPSA) is 46.2 Å². The number of hydrogen-bond donors (Lipinski definition) is 1. The van der Waals surface area contributed by atoms with E-state index >= 15 is 0 Å². The maximum absolute atomic E-state index is 12.7. The van der Waals surface area contributed by atoms with E-state index in [4.69, 9.17) is 11.6 Å². The third-order valence-electron chi connectivity index (χ3n) is 2.04. The van der Waals surface area contributed by atoms with Crippen LogP contribution in [0.2, 0.25) is 0 Å². The predicted octanol–water partition coefficient (Wildman–Crippen LogP) is 2.61. The lowest BCUT2D eigenvalue weighted by atomic mass is 10.2. The fourth-order valence-corrected chi connectivity index (χ4v) is 2.76. The summed E-state index contributed by atoms with van der Waals surface area (Å²) in [5.41, 5.74) is -1.19. The van der Waals surface area contributed by atoms with Crippen LogP contribution in [0.5, 0.6) is 0 Å². The number of nitrogens with one attached hydrogen (secondary N) is 1. The van der Waals surface area contributed by atoms with Crippen molar-refractivity contribution in [2.75, 3.05) is 6.54 Å². The van der Waals surface area contributed by atoms with Crippen molar-refractivity contribution in [1.82, 2.24) is 4.72 Å². The molecule has 0 aliphatic carbocycles. The minimum absolute atomic E-state index is 0.143. The Kier molecular flexibility index (Phi) is 4.63. The molecule has 3 nitrogen and oxygen atoms in total. The van der Waals surface area contributed by atoms with Gasteiger partial charge in [0.1, 0.15) is 0 Å². The molecule has 18 heavy (non-hydrogen) atoms. The van der Waals surface area contributed by atoms with Crippen molar-refractivity contribution < 1.29 is 21.6 Å². The Hall–Kier alpha value is -0.790. The van der Waals surface area contributed by atoms with Crippen molar-refractivity contribution in [1.29, 1.82) is 0 Å². The Labute approximate surface area is 108 Å². The van der Waals surface area contributed by atoms with E-state index in [1.54, 1.807) is 0 Å². The molecule has 102 valence electrons. The Morgan fingerprint density at radius 1 is 1.33 bits per heavy atom. The van der Waals surface area contributed by atoms with Gasteiger partial charge in [0.25, 0.3) is 0 Å². The molecular formula is C10H11ClF3NO2S. The number of alkyl halides is 4. The van der Waals surface area contributed by atoms with E-state index in [9.17, 15) is 21.6 Å². The highest BCUT2D eigenvalue weighted by Crippen LogP contribution is 2.33. The van der Waals surface area contributed by atoms with Gasteiger partial charge in [-0.1, -0.05) is 12.1 Å². The van der Waals surface area contributed by atoms with Crippen LogP contribution in [0.1, 0.15) is 12.5 Å². The van der Waals surface area contributed by atoms with Crippen molar-refractivity contribution in [3.8, 4) is 0 Å². The summed E-state index contributed by atoms with van der Waals surface area (Å²) in [5.74, 6) is 0. The Morgan fingerprint density at radius 2 is 1.89 bits per heavy atom. The molecule has 1 atom stereocenters. The van der Waals surface area contributed by atoms with Crippen LogP contribution < -0.4 is 4.72 Å². The summed E-state index contributed by atoms with van der Waals surface area (Å²) in [6, 6.07) is 3.99. The molecule has 0 amide bonds. The molecule has 1 unspecified atom stereocenters. The standard InChI is InChI=1S/C10H11ClF3NO2S/c1-7(11)6-15-18(16,17)9-5-3-2-4-8(9)10(12,13)14/h2-5,7,15H,6H2,1H3. The van der Waals surface area contributed by atoms with Gasteiger partial charge in [-0.25, -0.2) is 13.1 Å². The average Bonchev–Trinajstić information content (AvgIpc) is 2.25. The second kappa shape index (κ2) is 5.46. The van der Waals surface area contributed by atoms with Crippen LogP contribution in [0.4, 0.5) is 13.2 Å². The molecule has 0 radical (unpaired) electrons. The van der Waals surface area contributed by atoms with Crippen LogP contribution in [0.3, 0.4) is 0 Å². The fraction of sp³-hybridized carbons (Fsp3) is 0.400. The summed E-state index contributed by atoms with van der Waals surface area (Å²) in [7, 11) is -4.22. The molecule has 0 heterocycles. The van der Waals surface area contributed by atoms with Crippen LogP contribution in [0.25, 0.3) is 0 Å². The van der Waals surface area contributed by atoms with E-state index in [1.165, 1.54) is 13.0 Å². The molecule has 1 rings (SSSR count). The fourth-order valence-electron chi connectivity index (χ4n) is 1.24. The number of sulfonamides is 1. The third-order valence-corrected chi connectivity index (χ3v) is 3.67. The summed E-state index contributed by atoms with van der Waals surface area (Å²) < 4.78 is 63.5. The van der Waals surface area contributed by atoms with Crippen LogP contribution >= 0.6 is 11.6 Å². The van der Waals surface area contributed by atoms with E-state index in [0.29, 0.717) is 0 Å². The first kappa shape index (κ1) is 15.3. The van der Waals surface area contributed by atoms with Gasteiger partial charge in [-0.3, -0.25) is 0 Å². The second-order valence-corrected chi connectivity index (χ2v) is 6.11. The second-order valence-electron chi connectivity index (χ2n) is 3.63. The number of benzene rings is 1. The average molecular weight is 302 g/mol. The van der Waals surface area contributed by atoms with Crippen LogP contribution in [-0.2, 0) is 16.2 Å². The summed E-state index contributed by atoms with van der Waals surface area (Å²) >= 11 is 5.55. The molecule has 0 aliphatic heterocycles. The van der Waals surface area contributed by atoms with Gasteiger partial charge in [-0.15, -0.1) is 11.6 Å². The first-order valence-corrected chi connectivity index (χ1v) is 6.86. The summed E-state index contributed by atoms with van der Waals surface area (Å²) in [6.45, 7) is 1.38. The van der Waals surface area contributed by atoms with E-state index < -0.39 is 32.0 Å². The lowest BCUT2D eigenvalue weighted by Gasteiger charge is -2.14. The van der Waals surface area contributed by atoms with Gasteiger partial charge in [0.2, 0.25) is 10.0 Å². The summed E-state index contributed by atoms with van der Waals surface area (Å²) in [4.78, 5) is -0.796. The lowest BCUT2D eigenvalue weighted by molar-refractivity contribution is -0.139. The van der Waals surface area contributed by atoms with Crippen LogP contribution in [-0.4, -0.2) is 20.3 Å². The molecule has 0 saturated heterocycles. The van der Waals surface area contributed by atoms with E-state index in [2.05, 4.69) is 0 Å². The number of halogens is 4. The molecule has 1 aromatic carbocycles. The van der Waals surface area contributed by atoms with Crippen molar-refractivity contribution >= 4 is 21.6 Å². The molecule has 0 aromatic heterocycles. The quantitative estimate of drug-likeness (QED) is 0.869. The van der Waals surface area contributed by atoms with Gasteiger partial charge in [0.15, 0.2) is 0 Å². The van der Waals surface area contributed by atoms with Gasteiger partial charge >= 0.3 is 6.18 Å². The first-order valence-electron chi connectivity index (χ1n) is 4.94. The van der Waals surface area contributed by atoms with Gasteiger partial charge < -0.3 is 0 Å². The molecule has 0 aliphatic rings. The molecule has 0 bridgehead atoms. The molecule has 1 N–H and O–H groups in total. The van der Waals surface area contributed by atoms with E-state index in [1.807, 2.05) is 4.72 Å². The third kappa shape index (κ3) is 3.86. The van der Waals surface area contributed by atoms with Gasteiger partial charge in [-0.2, -0.15) is 13.2 Å². The highest BCUT2D eigenvalue weighted by molar-refractivity contribution is 7.89. The smallest absolute Gasteiger partial charge is 0.210 e. The Morgan fingerprint density at radius 3 is 2.39 bits per heavy atom. The van der Waals surface area contributed by atoms with E-state index in [0.717, 1.165) is 18.2 Å². The molecule has 0 saturated carbocycles. The molecule has 8 heteroatoms. The highest BCUT2D eigenvalue weighted by atomic mass is 35.5. The van der Waals surface area contributed by atoms with Crippen LogP contribution in [0, 0.1) is 0 Å². The normalized spacial score (nSPS) is 14.5. The van der Waals surface area contributed by atoms with Crippen LogP contribution in [0.15, 0.2) is 29.2 Å². The van der Waals surface area contributed by atoms with Gasteiger partial charge in [0.05, 0.1) is 10.5 Å². The van der Waals surface area contributed by atoms with E-state index in [-0.39, 0.29) is 6.54 Å². The largest absolute Gasteiger partial charge is 0.417 e. The molecule has 1 aromatic rings. The first-order chi connectivity index (χ1) is 8.14. The monoisotopic (exact) mass is 301 g/mol. The Bertz CT molecular complexity index is 514. The molecule has 0 spiro atoms. The molecular weight excluding hydrogens is 291 g/mol. The van der Waals surface area contributed by atoms with Crippen molar-refractivity contribution in [3.63, 3.8) is 0 Å². The maximum Gasteiger partial charge on any atom is 0.417 e. The Balaban J connectivity index is 3.17. The van der Waals surface area contributed by atoms with Crippen molar-refractivity contribution in [2.45, 2.75) is 23.4 Å². The summed E-state index contributed by atoms with van der Waals surface area (Å²) in [5, 5.41) is -0.516. The maximum atomic E-state index is 12.7. The minimum Gasteiger partial charge on any atom is -0.210 e. The van der Waals surface area contributed by atoms with Gasteiger partial charge in [0, 0.05) is 11.9 Å². The number of rotatable bonds is 4. The minimum atomic E-state index is -4.72. The lowest BCUT2D eigenvalue weighted by Crippen LogP contribution is -2.30. The molecule has 0 fully saturated rings. The zero-order valence-electron chi connectivity index (χ0n) is 9.33. The zero-order chi connectivity index (χ0) is 14.0. The SMILES string of the molecule is CC(Cl)CNS(=O)(=O)c1ccccc1C(F)(F)F. The van der Waals surface area contributed by atoms with Gasteiger partial charge in [-0.05, 0) is 19.1 Å². The summed E-state index contributed by atoms with van der Waals surface area (Å²) in [6.07, 6.45) is -4.72. The van der Waals surface area contributed by atoms with Crippen molar-refractivity contribution in [3.05, 3.63) is 29.8 Å². The predicted molar refractivity (Wildman–Crippen MR) is 61.9 cm³/mol.